The number of hydrogen-bond acceptors (Lipinski definition) is 7. The molecule has 1 fully saturated rings. The van der Waals surface area contributed by atoms with E-state index in [4.69, 9.17) is 10.1 Å². The van der Waals surface area contributed by atoms with Crippen LogP contribution in [0.3, 0.4) is 0 Å². The standard InChI is InChI=1S/C22H23N7OS/c1-15-4-6-17(7-5-15)29-20-19(16(2)26-29)31-22(25-20)28-11-3-10-27(12-13-28)21(30)18-14-23-8-9-24-18/h4-9,14H,3,10-13H2,1-2H3. The number of nitrogens with zero attached hydrogens (tertiary/aromatic N) is 7. The van der Waals surface area contributed by atoms with Crippen molar-refractivity contribution < 1.29 is 4.79 Å². The van der Waals surface area contributed by atoms with Crippen molar-refractivity contribution in [2.24, 2.45) is 0 Å². The number of carbonyl (C=O) groups excluding carboxylic acids is 1. The maximum absolute atomic E-state index is 12.7. The molecule has 3 aromatic heterocycles. The Labute approximate surface area is 184 Å². The summed E-state index contributed by atoms with van der Waals surface area (Å²) >= 11 is 1.67. The summed E-state index contributed by atoms with van der Waals surface area (Å²) in [6.07, 6.45) is 5.54. The van der Waals surface area contributed by atoms with Crippen molar-refractivity contribution in [2.45, 2.75) is 20.3 Å². The van der Waals surface area contributed by atoms with Crippen LogP contribution in [0, 0.1) is 13.8 Å². The minimum Gasteiger partial charge on any atom is -0.346 e. The van der Waals surface area contributed by atoms with Crippen LogP contribution in [0.25, 0.3) is 16.0 Å². The third-order valence-corrected chi connectivity index (χ3v) is 6.71. The molecule has 1 aliphatic heterocycles. The first-order valence-electron chi connectivity index (χ1n) is 10.3. The van der Waals surface area contributed by atoms with E-state index in [0.717, 1.165) is 46.4 Å². The van der Waals surface area contributed by atoms with E-state index in [1.807, 2.05) is 16.5 Å². The Morgan fingerprint density at radius 2 is 1.87 bits per heavy atom. The molecule has 0 saturated carbocycles. The van der Waals surface area contributed by atoms with E-state index in [1.54, 1.807) is 23.7 Å². The summed E-state index contributed by atoms with van der Waals surface area (Å²) in [6, 6.07) is 8.32. The Kier molecular flexibility index (Phi) is 5.11. The van der Waals surface area contributed by atoms with E-state index in [2.05, 4.69) is 46.1 Å². The van der Waals surface area contributed by atoms with Crippen molar-refractivity contribution in [2.75, 3.05) is 31.1 Å². The molecular formula is C22H23N7OS. The number of hydrogen-bond donors (Lipinski definition) is 0. The molecule has 1 saturated heterocycles. The molecule has 0 unspecified atom stereocenters. The van der Waals surface area contributed by atoms with Gasteiger partial charge in [-0.15, -0.1) is 0 Å². The lowest BCUT2D eigenvalue weighted by atomic mass is 10.2. The third-order valence-electron chi connectivity index (χ3n) is 5.49. The molecule has 0 N–H and O–H groups in total. The Morgan fingerprint density at radius 3 is 2.65 bits per heavy atom. The second-order valence-electron chi connectivity index (χ2n) is 7.71. The highest BCUT2D eigenvalue weighted by Gasteiger charge is 2.24. The van der Waals surface area contributed by atoms with Crippen LogP contribution in [0.1, 0.15) is 28.2 Å². The summed E-state index contributed by atoms with van der Waals surface area (Å²) in [5, 5.41) is 5.68. The predicted molar refractivity (Wildman–Crippen MR) is 121 cm³/mol. The Balaban J connectivity index is 1.38. The van der Waals surface area contributed by atoms with Gasteiger partial charge in [0.2, 0.25) is 0 Å². The minimum absolute atomic E-state index is 0.0647. The van der Waals surface area contributed by atoms with Crippen molar-refractivity contribution in [3.8, 4) is 5.69 Å². The second-order valence-corrected chi connectivity index (χ2v) is 8.68. The van der Waals surface area contributed by atoms with Crippen molar-refractivity contribution in [1.29, 1.82) is 0 Å². The zero-order chi connectivity index (χ0) is 21.4. The summed E-state index contributed by atoms with van der Waals surface area (Å²) < 4.78 is 3.03. The molecule has 0 aliphatic carbocycles. The topological polar surface area (TPSA) is 80.0 Å². The summed E-state index contributed by atoms with van der Waals surface area (Å²) in [5.74, 6) is -0.0647. The molecule has 0 atom stereocenters. The summed E-state index contributed by atoms with van der Waals surface area (Å²) in [5.41, 5.74) is 4.49. The molecule has 5 rings (SSSR count). The first-order chi connectivity index (χ1) is 15.1. The number of aromatic nitrogens is 5. The zero-order valence-corrected chi connectivity index (χ0v) is 18.3. The number of fused-ring (bicyclic) bond motifs is 1. The third kappa shape index (κ3) is 3.76. The first-order valence-corrected chi connectivity index (χ1v) is 11.2. The van der Waals surface area contributed by atoms with Gasteiger partial charge in [0.25, 0.3) is 5.91 Å². The molecule has 8 nitrogen and oxygen atoms in total. The fourth-order valence-electron chi connectivity index (χ4n) is 3.81. The van der Waals surface area contributed by atoms with Gasteiger partial charge in [0.05, 0.1) is 22.3 Å². The van der Waals surface area contributed by atoms with Crippen molar-refractivity contribution >= 4 is 32.7 Å². The van der Waals surface area contributed by atoms with Crippen LogP contribution in [0.2, 0.25) is 0 Å². The zero-order valence-electron chi connectivity index (χ0n) is 17.5. The van der Waals surface area contributed by atoms with Crippen molar-refractivity contribution in [1.82, 2.24) is 29.6 Å². The van der Waals surface area contributed by atoms with E-state index in [-0.39, 0.29) is 5.91 Å². The van der Waals surface area contributed by atoms with Gasteiger partial charge in [0, 0.05) is 38.6 Å². The van der Waals surface area contributed by atoms with Crippen molar-refractivity contribution in [3.05, 3.63) is 59.8 Å². The number of anilines is 1. The van der Waals surface area contributed by atoms with Gasteiger partial charge in [-0.1, -0.05) is 29.0 Å². The minimum atomic E-state index is -0.0647. The van der Waals surface area contributed by atoms with Gasteiger partial charge >= 0.3 is 0 Å². The van der Waals surface area contributed by atoms with Gasteiger partial charge in [-0.05, 0) is 32.4 Å². The fourth-order valence-corrected chi connectivity index (χ4v) is 4.85. The molecule has 0 spiro atoms. The molecule has 31 heavy (non-hydrogen) atoms. The molecule has 4 aromatic rings. The summed E-state index contributed by atoms with van der Waals surface area (Å²) in [6.45, 7) is 7.03. The van der Waals surface area contributed by atoms with Crippen LogP contribution in [0.4, 0.5) is 5.13 Å². The average Bonchev–Trinajstić information content (AvgIpc) is 3.25. The highest BCUT2D eigenvalue weighted by molar-refractivity contribution is 7.22. The van der Waals surface area contributed by atoms with E-state index in [1.165, 1.54) is 11.8 Å². The van der Waals surface area contributed by atoms with Gasteiger partial charge in [-0.2, -0.15) is 10.1 Å². The molecule has 0 bridgehead atoms. The highest BCUT2D eigenvalue weighted by atomic mass is 32.1. The predicted octanol–water partition coefficient (Wildman–Crippen LogP) is 3.24. The van der Waals surface area contributed by atoms with Crippen molar-refractivity contribution in [3.63, 3.8) is 0 Å². The van der Waals surface area contributed by atoms with E-state index < -0.39 is 0 Å². The van der Waals surface area contributed by atoms with Gasteiger partial charge < -0.3 is 9.80 Å². The molecule has 1 aliphatic rings. The number of thiazole rings is 1. The fraction of sp³-hybridized carbons (Fsp3) is 0.318. The molecule has 0 radical (unpaired) electrons. The first kappa shape index (κ1) is 19.6. The van der Waals surface area contributed by atoms with Gasteiger partial charge in [0.1, 0.15) is 5.69 Å². The second kappa shape index (κ2) is 8.07. The quantitative estimate of drug-likeness (QED) is 0.493. The largest absolute Gasteiger partial charge is 0.346 e. The monoisotopic (exact) mass is 433 g/mol. The van der Waals surface area contributed by atoms with Crippen LogP contribution >= 0.6 is 11.3 Å². The maximum Gasteiger partial charge on any atom is 0.274 e. The molecule has 1 amide bonds. The number of carbonyl (C=O) groups is 1. The van der Waals surface area contributed by atoms with Crippen LogP contribution < -0.4 is 4.90 Å². The number of benzene rings is 1. The van der Waals surface area contributed by atoms with E-state index in [0.29, 0.717) is 18.8 Å². The Morgan fingerprint density at radius 1 is 1.03 bits per heavy atom. The molecule has 4 heterocycles. The van der Waals surface area contributed by atoms with Crippen LogP contribution in [0.15, 0.2) is 42.9 Å². The summed E-state index contributed by atoms with van der Waals surface area (Å²) in [7, 11) is 0. The van der Waals surface area contributed by atoms with E-state index in [9.17, 15) is 4.79 Å². The average molecular weight is 434 g/mol. The normalized spacial score (nSPS) is 14.8. The lowest BCUT2D eigenvalue weighted by Crippen LogP contribution is -2.35. The molecule has 1 aromatic carbocycles. The van der Waals surface area contributed by atoms with Crippen LogP contribution in [-0.2, 0) is 0 Å². The van der Waals surface area contributed by atoms with Gasteiger partial charge in [-0.3, -0.25) is 9.78 Å². The molecule has 158 valence electrons. The lowest BCUT2D eigenvalue weighted by molar-refractivity contribution is 0.0760. The lowest BCUT2D eigenvalue weighted by Gasteiger charge is -2.21. The highest BCUT2D eigenvalue weighted by Crippen LogP contribution is 2.33. The maximum atomic E-state index is 12.7. The molecule has 9 heteroatoms. The smallest absolute Gasteiger partial charge is 0.274 e. The summed E-state index contributed by atoms with van der Waals surface area (Å²) in [4.78, 5) is 30.0. The van der Waals surface area contributed by atoms with Crippen LogP contribution in [-0.4, -0.2) is 61.7 Å². The SMILES string of the molecule is Cc1ccc(-n2nc(C)c3sc(N4CCCN(C(=O)c5cnccn5)CC4)nc32)cc1. The van der Waals surface area contributed by atoms with Gasteiger partial charge in [-0.25, -0.2) is 9.67 Å². The Hall–Kier alpha value is -3.33. The number of rotatable bonds is 3. The van der Waals surface area contributed by atoms with E-state index >= 15 is 0 Å². The van der Waals surface area contributed by atoms with Crippen LogP contribution in [0.5, 0.6) is 0 Å². The molecular weight excluding hydrogens is 410 g/mol. The number of aryl methyl sites for hydroxylation is 2. The van der Waals surface area contributed by atoms with Gasteiger partial charge in [0.15, 0.2) is 10.8 Å². The number of amides is 1. The Bertz CT molecular complexity index is 1220.